The van der Waals surface area contributed by atoms with Crippen LogP contribution in [0.5, 0.6) is 0 Å². The first-order valence-corrected chi connectivity index (χ1v) is 8.27. The molecule has 3 rings (SSSR count). The van der Waals surface area contributed by atoms with Gasteiger partial charge in [0.25, 0.3) is 5.91 Å². The van der Waals surface area contributed by atoms with Crippen LogP contribution in [0.15, 0.2) is 24.5 Å². The summed E-state index contributed by atoms with van der Waals surface area (Å²) in [5, 5.41) is 3.94. The number of carbonyl (C=O) groups excluding carboxylic acids is 3. The number of halogens is 3. The number of esters is 1. The predicted molar refractivity (Wildman–Crippen MR) is 87.3 cm³/mol. The van der Waals surface area contributed by atoms with Crippen molar-refractivity contribution in [3.8, 4) is 5.82 Å². The van der Waals surface area contributed by atoms with E-state index in [0.29, 0.717) is 19.2 Å². The number of likely N-dealkylation sites (tertiary alicyclic amines) is 1. The lowest BCUT2D eigenvalue weighted by Crippen LogP contribution is -2.35. The fraction of sp³-hybridized carbons (Fsp3) is 0.353. The predicted octanol–water partition coefficient (Wildman–Crippen LogP) is 1.90. The molecule has 0 atom stereocenters. The van der Waals surface area contributed by atoms with Crippen LogP contribution in [0.2, 0.25) is 0 Å². The minimum absolute atomic E-state index is 0.0299. The van der Waals surface area contributed by atoms with Crippen LogP contribution in [0.25, 0.3) is 5.82 Å². The van der Waals surface area contributed by atoms with Gasteiger partial charge in [0.1, 0.15) is 5.56 Å². The first kappa shape index (κ1) is 19.5. The van der Waals surface area contributed by atoms with E-state index in [1.165, 1.54) is 17.8 Å². The summed E-state index contributed by atoms with van der Waals surface area (Å²) >= 11 is 0. The molecule has 2 aromatic rings. The van der Waals surface area contributed by atoms with Crippen LogP contribution in [0.1, 0.15) is 34.5 Å². The van der Waals surface area contributed by atoms with Crippen LogP contribution in [-0.2, 0) is 20.5 Å². The largest absolute Gasteiger partial charge is 0.452 e. The molecule has 3 heterocycles. The van der Waals surface area contributed by atoms with Gasteiger partial charge in [-0.05, 0) is 25.5 Å². The second-order valence-corrected chi connectivity index (χ2v) is 6.08. The van der Waals surface area contributed by atoms with Gasteiger partial charge in [-0.3, -0.25) is 14.5 Å². The van der Waals surface area contributed by atoms with E-state index in [4.69, 9.17) is 4.74 Å². The molecule has 8 nitrogen and oxygen atoms in total. The van der Waals surface area contributed by atoms with Gasteiger partial charge >= 0.3 is 12.1 Å². The number of pyridine rings is 1. The first-order valence-electron chi connectivity index (χ1n) is 8.27. The van der Waals surface area contributed by atoms with Gasteiger partial charge in [0.15, 0.2) is 12.4 Å². The topological polar surface area (TPSA) is 94.4 Å². The van der Waals surface area contributed by atoms with Crippen LogP contribution >= 0.6 is 0 Å². The van der Waals surface area contributed by atoms with E-state index < -0.39 is 30.2 Å². The van der Waals surface area contributed by atoms with Crippen molar-refractivity contribution in [1.29, 1.82) is 0 Å². The lowest BCUT2D eigenvalue weighted by molar-refractivity contribution is -0.144. The third-order valence-electron chi connectivity index (χ3n) is 4.22. The van der Waals surface area contributed by atoms with Gasteiger partial charge in [-0.2, -0.15) is 18.3 Å². The van der Waals surface area contributed by atoms with Crippen molar-refractivity contribution >= 4 is 17.8 Å². The Morgan fingerprint density at radius 2 is 2.00 bits per heavy atom. The zero-order valence-electron chi connectivity index (χ0n) is 14.7. The van der Waals surface area contributed by atoms with E-state index in [1.54, 1.807) is 0 Å². The lowest BCUT2D eigenvalue weighted by Gasteiger charge is -2.13. The summed E-state index contributed by atoms with van der Waals surface area (Å²) < 4.78 is 44.0. The zero-order valence-corrected chi connectivity index (χ0v) is 14.7. The number of rotatable bonds is 4. The number of carbonyl (C=O) groups is 3. The van der Waals surface area contributed by atoms with Crippen molar-refractivity contribution in [1.82, 2.24) is 19.7 Å². The third kappa shape index (κ3) is 3.87. The van der Waals surface area contributed by atoms with E-state index in [2.05, 4.69) is 10.1 Å². The third-order valence-corrected chi connectivity index (χ3v) is 4.22. The molecule has 1 aliphatic heterocycles. The molecular weight excluding hydrogens is 381 g/mol. The van der Waals surface area contributed by atoms with Crippen molar-refractivity contribution in [3.63, 3.8) is 0 Å². The average molecular weight is 396 g/mol. The molecule has 11 heteroatoms. The summed E-state index contributed by atoms with van der Waals surface area (Å²) in [7, 11) is 0. The zero-order chi connectivity index (χ0) is 20.5. The van der Waals surface area contributed by atoms with Gasteiger partial charge in [-0.15, -0.1) is 0 Å². The Bertz CT molecular complexity index is 921. The number of ether oxygens (including phenoxy) is 1. The summed E-state index contributed by atoms with van der Waals surface area (Å²) in [6.07, 6.45) is -1.82. The molecule has 0 aliphatic carbocycles. The monoisotopic (exact) mass is 396 g/mol. The van der Waals surface area contributed by atoms with E-state index in [9.17, 15) is 27.6 Å². The second-order valence-electron chi connectivity index (χ2n) is 6.08. The number of imide groups is 1. The quantitative estimate of drug-likeness (QED) is 0.733. The Hall–Kier alpha value is -3.24. The molecule has 0 unspecified atom stereocenters. The Balaban J connectivity index is 1.69. The van der Waals surface area contributed by atoms with Gasteiger partial charge in [0.2, 0.25) is 5.91 Å². The molecule has 148 valence electrons. The molecule has 2 amide bonds. The fourth-order valence-electron chi connectivity index (χ4n) is 2.71. The fourth-order valence-corrected chi connectivity index (χ4v) is 2.71. The second kappa shape index (κ2) is 7.41. The highest BCUT2D eigenvalue weighted by atomic mass is 19.4. The molecular formula is C17H15F3N4O4. The molecule has 0 radical (unpaired) electrons. The molecule has 0 spiro atoms. The van der Waals surface area contributed by atoms with E-state index in [-0.39, 0.29) is 29.4 Å². The van der Waals surface area contributed by atoms with Crippen LogP contribution < -0.4 is 0 Å². The van der Waals surface area contributed by atoms with E-state index in [0.717, 1.165) is 17.0 Å². The van der Waals surface area contributed by atoms with Crippen LogP contribution in [0.3, 0.4) is 0 Å². The number of hydrogen-bond acceptors (Lipinski definition) is 6. The highest BCUT2D eigenvalue weighted by molar-refractivity contribution is 5.98. The molecule has 0 bridgehead atoms. The molecule has 1 saturated heterocycles. The standard InChI is InChI=1S/C17H15F3N4O4/c1-10-12(16(27)28-9-15(26)23-6-2-3-14(23)25)8-22-24(10)13-5-4-11(7-21-13)17(18,19)20/h4-5,7-8H,2-3,6,9H2,1H3. The minimum atomic E-state index is -4.51. The first-order chi connectivity index (χ1) is 13.2. The highest BCUT2D eigenvalue weighted by Crippen LogP contribution is 2.28. The smallest absolute Gasteiger partial charge is 0.417 e. The van der Waals surface area contributed by atoms with Gasteiger partial charge < -0.3 is 4.74 Å². The molecule has 1 aliphatic rings. The van der Waals surface area contributed by atoms with Crippen molar-refractivity contribution < 1.29 is 32.3 Å². The molecule has 0 aromatic carbocycles. The Morgan fingerprint density at radius 3 is 2.57 bits per heavy atom. The van der Waals surface area contributed by atoms with Crippen molar-refractivity contribution in [2.24, 2.45) is 0 Å². The number of aromatic nitrogens is 3. The SMILES string of the molecule is Cc1c(C(=O)OCC(=O)N2CCCC2=O)cnn1-c1ccc(C(F)(F)F)cn1. The molecule has 0 N–H and O–H groups in total. The maximum absolute atomic E-state index is 12.6. The van der Waals surface area contributed by atoms with Crippen LogP contribution in [0, 0.1) is 6.92 Å². The molecule has 1 fully saturated rings. The number of nitrogens with zero attached hydrogens (tertiary/aromatic N) is 4. The van der Waals surface area contributed by atoms with Gasteiger partial charge in [0, 0.05) is 19.2 Å². The van der Waals surface area contributed by atoms with Crippen molar-refractivity contribution in [2.75, 3.05) is 13.2 Å². The maximum Gasteiger partial charge on any atom is 0.417 e. The van der Waals surface area contributed by atoms with Crippen LogP contribution in [0.4, 0.5) is 13.2 Å². The molecule has 28 heavy (non-hydrogen) atoms. The highest BCUT2D eigenvalue weighted by Gasteiger charge is 2.31. The summed E-state index contributed by atoms with van der Waals surface area (Å²) in [5.41, 5.74) is -0.597. The van der Waals surface area contributed by atoms with Crippen molar-refractivity contribution in [2.45, 2.75) is 25.9 Å². The summed E-state index contributed by atoms with van der Waals surface area (Å²) in [6, 6.07) is 1.98. The van der Waals surface area contributed by atoms with E-state index in [1.807, 2.05) is 0 Å². The van der Waals surface area contributed by atoms with Gasteiger partial charge in [0.05, 0.1) is 17.5 Å². The molecule has 0 saturated carbocycles. The summed E-state index contributed by atoms with van der Waals surface area (Å²) in [6.45, 7) is 1.22. The maximum atomic E-state index is 12.6. The summed E-state index contributed by atoms with van der Waals surface area (Å²) in [4.78, 5) is 40.4. The van der Waals surface area contributed by atoms with Gasteiger partial charge in [-0.25, -0.2) is 14.5 Å². The Kier molecular flexibility index (Phi) is 5.16. The average Bonchev–Trinajstić information content (AvgIpc) is 3.24. The lowest BCUT2D eigenvalue weighted by atomic mass is 10.2. The van der Waals surface area contributed by atoms with Crippen molar-refractivity contribution in [3.05, 3.63) is 41.3 Å². The normalized spacial score (nSPS) is 14.4. The Labute approximate surface area is 156 Å². The number of alkyl halides is 3. The van der Waals surface area contributed by atoms with Crippen LogP contribution in [-0.4, -0.2) is 50.6 Å². The summed E-state index contributed by atoms with van der Waals surface area (Å²) in [5.74, 6) is -1.66. The van der Waals surface area contributed by atoms with Gasteiger partial charge in [-0.1, -0.05) is 0 Å². The number of hydrogen-bond donors (Lipinski definition) is 0. The Morgan fingerprint density at radius 1 is 1.25 bits per heavy atom. The van der Waals surface area contributed by atoms with E-state index >= 15 is 0 Å². The number of amides is 2. The minimum Gasteiger partial charge on any atom is -0.452 e. The molecule has 2 aromatic heterocycles.